The summed E-state index contributed by atoms with van der Waals surface area (Å²) in [6.07, 6.45) is 3.66. The van der Waals surface area contributed by atoms with Crippen LogP contribution in [0.25, 0.3) is 0 Å². The smallest absolute Gasteiger partial charge is 0.241 e. The first-order valence-electron chi connectivity index (χ1n) is 9.85. The summed E-state index contributed by atoms with van der Waals surface area (Å²) in [6.45, 7) is 6.43. The van der Waals surface area contributed by atoms with E-state index in [1.807, 2.05) is 18.2 Å². The van der Waals surface area contributed by atoms with E-state index in [0.29, 0.717) is 12.3 Å². The van der Waals surface area contributed by atoms with Gasteiger partial charge in [-0.05, 0) is 55.2 Å². The van der Waals surface area contributed by atoms with Crippen molar-refractivity contribution >= 4 is 17.5 Å². The van der Waals surface area contributed by atoms with Gasteiger partial charge in [-0.3, -0.25) is 14.5 Å². The van der Waals surface area contributed by atoms with Crippen molar-refractivity contribution in [1.82, 2.24) is 10.2 Å². The van der Waals surface area contributed by atoms with Crippen LogP contribution in [0.5, 0.6) is 0 Å². The summed E-state index contributed by atoms with van der Waals surface area (Å²) < 4.78 is 0. The number of rotatable bonds is 0. The normalized spacial score (nSPS) is 44.6. The van der Waals surface area contributed by atoms with E-state index >= 15 is 0 Å². The van der Waals surface area contributed by atoms with Gasteiger partial charge in [0.25, 0.3) is 0 Å². The highest BCUT2D eigenvalue weighted by Crippen LogP contribution is 2.69. The standard InChI is InChI=1S/C21H25N3O2/c1-18(2)15-10-20-8-5-9-24(20)12-19(15,23-16(20)25)11-21(18)13-6-3-4-7-14(13)22-17(21)26/h3-4,6-7,15H,5,8-12H2,1-2H3,(H,22,26)(H,23,25)/t15-,19-,20+,21-/m1/s1. The monoisotopic (exact) mass is 351 g/mol. The SMILES string of the molecule is CC1(C)[C@H]2C[C@]34CCCN3C[C@@]2(C[C@@]12C(=O)Nc1ccccc12)NC4=O. The molecule has 2 amide bonds. The highest BCUT2D eigenvalue weighted by Gasteiger charge is 2.77. The third-order valence-corrected chi connectivity index (χ3v) is 8.67. The van der Waals surface area contributed by atoms with Crippen LogP contribution in [-0.4, -0.2) is 40.9 Å². The van der Waals surface area contributed by atoms with Crippen molar-refractivity contribution in [2.24, 2.45) is 11.3 Å². The first kappa shape index (κ1) is 15.2. The fraction of sp³-hybridized carbons (Fsp3) is 0.619. The molecule has 5 nitrogen and oxygen atoms in total. The van der Waals surface area contributed by atoms with Crippen LogP contribution < -0.4 is 10.6 Å². The zero-order valence-electron chi connectivity index (χ0n) is 15.4. The highest BCUT2D eigenvalue weighted by molar-refractivity contribution is 6.07. The van der Waals surface area contributed by atoms with Crippen molar-refractivity contribution < 1.29 is 9.59 Å². The van der Waals surface area contributed by atoms with Crippen LogP contribution in [0.2, 0.25) is 0 Å². The molecule has 26 heavy (non-hydrogen) atoms. The van der Waals surface area contributed by atoms with Gasteiger partial charge in [-0.15, -0.1) is 0 Å². The molecule has 6 aliphatic rings. The van der Waals surface area contributed by atoms with Crippen molar-refractivity contribution in [2.45, 2.75) is 56.0 Å². The maximum Gasteiger partial charge on any atom is 0.241 e. The molecule has 3 spiro atoms. The largest absolute Gasteiger partial charge is 0.347 e. The first-order chi connectivity index (χ1) is 12.4. The van der Waals surface area contributed by atoms with Gasteiger partial charge >= 0.3 is 0 Å². The molecule has 2 bridgehead atoms. The highest BCUT2D eigenvalue weighted by atomic mass is 16.2. The van der Waals surface area contributed by atoms with Gasteiger partial charge in [0.05, 0.1) is 11.0 Å². The van der Waals surface area contributed by atoms with Crippen LogP contribution in [0, 0.1) is 11.3 Å². The van der Waals surface area contributed by atoms with Gasteiger partial charge in [0.1, 0.15) is 5.54 Å². The lowest BCUT2D eigenvalue weighted by Gasteiger charge is -2.60. The Bertz CT molecular complexity index is 880. The van der Waals surface area contributed by atoms with E-state index < -0.39 is 5.41 Å². The second kappa shape index (κ2) is 4.16. The fourth-order valence-corrected chi connectivity index (χ4v) is 7.50. The zero-order chi connectivity index (χ0) is 17.9. The van der Waals surface area contributed by atoms with Crippen molar-refractivity contribution in [2.75, 3.05) is 18.4 Å². The molecule has 4 atom stereocenters. The van der Waals surface area contributed by atoms with Gasteiger partial charge in [0.2, 0.25) is 11.8 Å². The summed E-state index contributed by atoms with van der Waals surface area (Å²) in [6, 6.07) is 8.12. The Kier molecular flexibility index (Phi) is 2.44. The summed E-state index contributed by atoms with van der Waals surface area (Å²) in [4.78, 5) is 28.9. The van der Waals surface area contributed by atoms with Crippen LogP contribution in [0.4, 0.5) is 5.69 Å². The Morgan fingerprint density at radius 3 is 2.81 bits per heavy atom. The first-order valence-corrected chi connectivity index (χ1v) is 9.85. The van der Waals surface area contributed by atoms with Crippen LogP contribution >= 0.6 is 0 Å². The number of anilines is 1. The number of amides is 2. The number of carbonyl (C=O) groups is 2. The minimum Gasteiger partial charge on any atom is -0.347 e. The average molecular weight is 351 g/mol. The molecular weight excluding hydrogens is 326 g/mol. The lowest BCUT2D eigenvalue weighted by molar-refractivity contribution is -0.156. The molecule has 5 fully saturated rings. The van der Waals surface area contributed by atoms with E-state index in [4.69, 9.17) is 0 Å². The Labute approximate surface area is 153 Å². The van der Waals surface area contributed by atoms with Gasteiger partial charge in [-0.25, -0.2) is 0 Å². The molecule has 1 saturated carbocycles. The van der Waals surface area contributed by atoms with E-state index in [-0.39, 0.29) is 28.3 Å². The Morgan fingerprint density at radius 2 is 1.96 bits per heavy atom. The fourth-order valence-electron chi connectivity index (χ4n) is 7.50. The molecule has 0 unspecified atom stereocenters. The van der Waals surface area contributed by atoms with E-state index in [9.17, 15) is 9.59 Å². The van der Waals surface area contributed by atoms with Crippen LogP contribution in [0.15, 0.2) is 24.3 Å². The molecule has 1 aromatic rings. The second-order valence-electron chi connectivity index (χ2n) is 9.73. The molecule has 2 N–H and O–H groups in total. The maximum absolute atomic E-state index is 13.4. The lowest BCUT2D eigenvalue weighted by Crippen LogP contribution is -2.78. The number of piperazine rings is 1. The summed E-state index contributed by atoms with van der Waals surface area (Å²) >= 11 is 0. The van der Waals surface area contributed by atoms with Crippen molar-refractivity contribution in [3.8, 4) is 0 Å². The molecule has 5 heterocycles. The number of piperidine rings is 2. The number of nitrogens with one attached hydrogen (secondary N) is 2. The molecule has 136 valence electrons. The number of nitrogens with zero attached hydrogens (tertiary/aromatic N) is 1. The Hall–Kier alpha value is -1.88. The van der Waals surface area contributed by atoms with E-state index in [0.717, 1.165) is 43.6 Å². The summed E-state index contributed by atoms with van der Waals surface area (Å²) in [7, 11) is 0. The van der Waals surface area contributed by atoms with Gasteiger partial charge in [-0.1, -0.05) is 32.0 Å². The summed E-state index contributed by atoms with van der Waals surface area (Å²) in [5.41, 5.74) is 0.672. The number of para-hydroxylation sites is 1. The number of hydrogen-bond acceptors (Lipinski definition) is 3. The van der Waals surface area contributed by atoms with Crippen LogP contribution in [0.1, 0.15) is 45.1 Å². The molecule has 5 aliphatic heterocycles. The number of hydrogen-bond donors (Lipinski definition) is 2. The third kappa shape index (κ3) is 1.33. The average Bonchev–Trinajstić information content (AvgIpc) is 3.19. The van der Waals surface area contributed by atoms with Crippen molar-refractivity contribution in [3.63, 3.8) is 0 Å². The van der Waals surface area contributed by atoms with E-state index in [2.05, 4.69) is 35.4 Å². The minimum atomic E-state index is -0.563. The molecule has 4 saturated heterocycles. The topological polar surface area (TPSA) is 61.4 Å². The molecule has 0 radical (unpaired) electrons. The van der Waals surface area contributed by atoms with Gasteiger partial charge in [-0.2, -0.15) is 0 Å². The number of fused-ring (bicyclic) bond motifs is 3. The van der Waals surface area contributed by atoms with Gasteiger partial charge < -0.3 is 10.6 Å². The molecule has 7 rings (SSSR count). The van der Waals surface area contributed by atoms with Gasteiger partial charge in [0, 0.05) is 12.2 Å². The maximum atomic E-state index is 13.4. The predicted octanol–water partition coefficient (Wildman–Crippen LogP) is 2.03. The summed E-state index contributed by atoms with van der Waals surface area (Å²) in [5.74, 6) is 0.638. The van der Waals surface area contributed by atoms with Crippen molar-refractivity contribution in [1.29, 1.82) is 0 Å². The molecule has 5 heteroatoms. The van der Waals surface area contributed by atoms with Crippen molar-refractivity contribution in [3.05, 3.63) is 29.8 Å². The predicted molar refractivity (Wildman–Crippen MR) is 97.7 cm³/mol. The quantitative estimate of drug-likeness (QED) is 0.752. The molecular formula is C21H25N3O2. The number of carbonyl (C=O) groups excluding carboxylic acids is 2. The van der Waals surface area contributed by atoms with Crippen LogP contribution in [0.3, 0.4) is 0 Å². The second-order valence-corrected chi connectivity index (χ2v) is 9.73. The van der Waals surface area contributed by atoms with E-state index in [1.54, 1.807) is 0 Å². The zero-order valence-corrected chi connectivity index (χ0v) is 15.4. The molecule has 0 aromatic heterocycles. The number of benzene rings is 1. The third-order valence-electron chi connectivity index (χ3n) is 8.67. The van der Waals surface area contributed by atoms with Crippen LogP contribution in [-0.2, 0) is 15.0 Å². The molecule has 1 aliphatic carbocycles. The Balaban J connectivity index is 1.57. The van der Waals surface area contributed by atoms with Gasteiger partial charge in [0.15, 0.2) is 0 Å². The lowest BCUT2D eigenvalue weighted by atomic mass is 9.57. The van der Waals surface area contributed by atoms with E-state index in [1.165, 1.54) is 0 Å². The summed E-state index contributed by atoms with van der Waals surface area (Å²) in [5, 5.41) is 6.60. The Morgan fingerprint density at radius 1 is 1.15 bits per heavy atom. The molecule has 1 aromatic carbocycles. The minimum absolute atomic E-state index is 0.114.